The maximum atomic E-state index is 9.91. The van der Waals surface area contributed by atoms with Gasteiger partial charge in [-0.25, -0.2) is 4.99 Å². The molecule has 3 N–H and O–H groups in total. The van der Waals surface area contributed by atoms with Crippen LogP contribution in [0.2, 0.25) is 0 Å². The Kier molecular flexibility index (Phi) is 12.2. The lowest BCUT2D eigenvalue weighted by molar-refractivity contribution is 0.155. The van der Waals surface area contributed by atoms with E-state index in [4.69, 9.17) is 9.47 Å². The van der Waals surface area contributed by atoms with Crippen molar-refractivity contribution in [3.63, 3.8) is 0 Å². The summed E-state index contributed by atoms with van der Waals surface area (Å²) in [5.41, 5.74) is 0.943. The van der Waals surface area contributed by atoms with Gasteiger partial charge in [-0.1, -0.05) is 6.07 Å². The highest BCUT2D eigenvalue weighted by atomic mass is 127. The highest BCUT2D eigenvalue weighted by molar-refractivity contribution is 14.0. The van der Waals surface area contributed by atoms with E-state index in [1.807, 2.05) is 6.07 Å². The van der Waals surface area contributed by atoms with Crippen molar-refractivity contribution in [3.05, 3.63) is 23.8 Å². The Balaban J connectivity index is 0.00000392. The van der Waals surface area contributed by atoms with Gasteiger partial charge >= 0.3 is 0 Å². The molecule has 0 aliphatic carbocycles. The Morgan fingerprint density at radius 2 is 2.04 bits per heavy atom. The molecule has 2 rings (SSSR count). The monoisotopic (exact) mass is 506 g/mol. The topological polar surface area (TPSA) is 78.4 Å². The number of phenols is 1. The van der Waals surface area contributed by atoms with Crippen molar-refractivity contribution in [2.75, 3.05) is 47.0 Å². The zero-order chi connectivity index (χ0) is 19.5. The van der Waals surface area contributed by atoms with E-state index in [0.717, 1.165) is 63.6 Å². The zero-order valence-corrected chi connectivity index (χ0v) is 19.6. The Morgan fingerprint density at radius 3 is 2.64 bits per heavy atom. The largest absolute Gasteiger partial charge is 0.504 e. The van der Waals surface area contributed by atoms with Gasteiger partial charge in [-0.05, 0) is 43.9 Å². The number of nitrogens with one attached hydrogen (secondary N) is 2. The van der Waals surface area contributed by atoms with Crippen LogP contribution in [0.5, 0.6) is 11.5 Å². The lowest BCUT2D eigenvalue weighted by Gasteiger charge is -2.33. The van der Waals surface area contributed by atoms with Gasteiger partial charge in [0, 0.05) is 45.9 Å². The summed E-state index contributed by atoms with van der Waals surface area (Å²) in [7, 11) is 3.30. The maximum absolute atomic E-state index is 9.91. The molecule has 0 radical (unpaired) electrons. The minimum atomic E-state index is 0. The summed E-state index contributed by atoms with van der Waals surface area (Å²) in [4.78, 5) is 7.17. The molecule has 0 bridgehead atoms. The van der Waals surface area contributed by atoms with Gasteiger partial charge in [-0.3, -0.25) is 0 Å². The van der Waals surface area contributed by atoms with Gasteiger partial charge < -0.3 is 30.1 Å². The molecule has 0 atom stereocenters. The van der Waals surface area contributed by atoms with Crippen molar-refractivity contribution in [2.45, 2.75) is 38.8 Å². The molecule has 0 amide bonds. The van der Waals surface area contributed by atoms with Gasteiger partial charge in [0.05, 0.1) is 13.7 Å². The summed E-state index contributed by atoms with van der Waals surface area (Å²) >= 11 is 0. The second-order valence-electron chi connectivity index (χ2n) is 6.81. The third kappa shape index (κ3) is 8.40. The van der Waals surface area contributed by atoms with Gasteiger partial charge in [0.15, 0.2) is 17.5 Å². The predicted molar refractivity (Wildman–Crippen MR) is 124 cm³/mol. The molecular weight excluding hydrogens is 471 g/mol. The Morgan fingerprint density at radius 1 is 1.29 bits per heavy atom. The van der Waals surface area contributed by atoms with Crippen LogP contribution in [-0.2, 0) is 11.3 Å². The number of ether oxygens (including phenoxy) is 2. The van der Waals surface area contributed by atoms with Crippen LogP contribution >= 0.6 is 24.0 Å². The third-order valence-corrected chi connectivity index (χ3v) is 4.76. The number of guanidine groups is 1. The normalized spacial score (nSPS) is 15.8. The average Bonchev–Trinajstić information content (AvgIpc) is 2.68. The number of nitrogens with zero attached hydrogens (tertiary/aromatic N) is 2. The number of aromatic hydroxyl groups is 1. The molecule has 0 saturated carbocycles. The van der Waals surface area contributed by atoms with E-state index in [0.29, 0.717) is 18.3 Å². The highest BCUT2D eigenvalue weighted by Crippen LogP contribution is 2.26. The fraction of sp³-hybridized carbons (Fsp3) is 0.650. The molecular formula is C20H35IN4O3. The quantitative estimate of drug-likeness (QED) is 0.207. The molecule has 1 fully saturated rings. The number of halogens is 1. The van der Waals surface area contributed by atoms with Gasteiger partial charge in [-0.2, -0.15) is 0 Å². The first-order chi connectivity index (χ1) is 13.2. The lowest BCUT2D eigenvalue weighted by Crippen LogP contribution is -2.48. The number of piperidine rings is 1. The second kappa shape index (κ2) is 13.8. The summed E-state index contributed by atoms with van der Waals surface area (Å²) in [6.45, 7) is 7.53. The summed E-state index contributed by atoms with van der Waals surface area (Å²) in [6, 6.07) is 5.82. The van der Waals surface area contributed by atoms with E-state index < -0.39 is 0 Å². The molecule has 8 heteroatoms. The molecule has 0 unspecified atom stereocenters. The van der Waals surface area contributed by atoms with Gasteiger partial charge in [0.2, 0.25) is 0 Å². The van der Waals surface area contributed by atoms with Gasteiger partial charge in [-0.15, -0.1) is 24.0 Å². The molecule has 1 aromatic carbocycles. The van der Waals surface area contributed by atoms with Crippen molar-refractivity contribution in [2.24, 2.45) is 4.99 Å². The minimum Gasteiger partial charge on any atom is -0.504 e. The number of benzene rings is 1. The third-order valence-electron chi connectivity index (χ3n) is 4.76. The number of hydrogen-bond donors (Lipinski definition) is 3. The van der Waals surface area contributed by atoms with E-state index in [-0.39, 0.29) is 29.7 Å². The second-order valence-corrected chi connectivity index (χ2v) is 6.81. The lowest BCUT2D eigenvalue weighted by atomic mass is 10.1. The van der Waals surface area contributed by atoms with E-state index in [9.17, 15) is 5.11 Å². The Labute approximate surface area is 185 Å². The predicted octanol–water partition coefficient (Wildman–Crippen LogP) is 2.57. The summed E-state index contributed by atoms with van der Waals surface area (Å²) < 4.78 is 10.2. The van der Waals surface area contributed by atoms with Crippen LogP contribution < -0.4 is 15.4 Å². The molecule has 1 aliphatic heterocycles. The summed E-state index contributed by atoms with van der Waals surface area (Å²) in [5.74, 6) is 1.44. The number of likely N-dealkylation sites (tertiary alicyclic amines) is 1. The molecule has 1 aliphatic rings. The number of phenolic OH excluding ortho intramolecular Hbond substituents is 1. The molecule has 1 saturated heterocycles. The smallest absolute Gasteiger partial charge is 0.191 e. The van der Waals surface area contributed by atoms with Crippen LogP contribution in [0.4, 0.5) is 0 Å². The maximum Gasteiger partial charge on any atom is 0.191 e. The number of methoxy groups -OCH3 is 2. The first kappa shape index (κ1) is 24.8. The highest BCUT2D eigenvalue weighted by Gasteiger charge is 2.19. The van der Waals surface area contributed by atoms with Crippen molar-refractivity contribution in [3.8, 4) is 11.5 Å². The first-order valence-electron chi connectivity index (χ1n) is 9.78. The average molecular weight is 506 g/mol. The molecule has 28 heavy (non-hydrogen) atoms. The van der Waals surface area contributed by atoms with Crippen molar-refractivity contribution in [1.82, 2.24) is 15.5 Å². The molecule has 1 aromatic rings. The van der Waals surface area contributed by atoms with Gasteiger partial charge in [0.1, 0.15) is 0 Å². The van der Waals surface area contributed by atoms with Crippen molar-refractivity contribution >= 4 is 29.9 Å². The standard InChI is InChI=1S/C20H34N4O3.HI/c1-4-21-20(22-15-16-6-7-19(27-3)18(25)14-16)23-17-8-11-24(12-9-17)10-5-13-26-2;/h6-7,14,17,25H,4-5,8-13,15H2,1-3H3,(H2,21,22,23);1H. The molecule has 0 spiro atoms. The van der Waals surface area contributed by atoms with E-state index >= 15 is 0 Å². The molecule has 1 heterocycles. The molecule has 0 aromatic heterocycles. The zero-order valence-electron chi connectivity index (χ0n) is 17.2. The fourth-order valence-corrected chi connectivity index (χ4v) is 3.25. The van der Waals surface area contributed by atoms with Crippen LogP contribution in [0.25, 0.3) is 0 Å². The Bertz CT molecular complexity index is 593. The van der Waals surface area contributed by atoms with Crippen LogP contribution in [0, 0.1) is 0 Å². The Hall–Kier alpha value is -1.26. The van der Waals surface area contributed by atoms with E-state index in [1.54, 1.807) is 26.4 Å². The van der Waals surface area contributed by atoms with Gasteiger partial charge in [0.25, 0.3) is 0 Å². The number of aliphatic imine (C=N–C) groups is 1. The molecule has 160 valence electrons. The number of rotatable bonds is 9. The van der Waals surface area contributed by atoms with Crippen LogP contribution in [-0.4, -0.2) is 69.0 Å². The van der Waals surface area contributed by atoms with E-state index in [1.165, 1.54) is 0 Å². The number of hydrogen-bond acceptors (Lipinski definition) is 5. The van der Waals surface area contributed by atoms with Crippen molar-refractivity contribution < 1.29 is 14.6 Å². The summed E-state index contributed by atoms with van der Waals surface area (Å²) in [5, 5.41) is 16.8. The fourth-order valence-electron chi connectivity index (χ4n) is 3.25. The molecule has 7 nitrogen and oxygen atoms in total. The van der Waals surface area contributed by atoms with Crippen molar-refractivity contribution in [1.29, 1.82) is 0 Å². The van der Waals surface area contributed by atoms with Crippen LogP contribution in [0.3, 0.4) is 0 Å². The van der Waals surface area contributed by atoms with Crippen LogP contribution in [0.15, 0.2) is 23.2 Å². The first-order valence-corrected chi connectivity index (χ1v) is 9.78. The van der Waals surface area contributed by atoms with Crippen LogP contribution in [0.1, 0.15) is 31.7 Å². The van der Waals surface area contributed by atoms with E-state index in [2.05, 4.69) is 27.4 Å². The minimum absolute atomic E-state index is 0. The SMILES string of the molecule is CCNC(=NCc1ccc(OC)c(O)c1)NC1CCN(CCCOC)CC1.I. The summed E-state index contributed by atoms with van der Waals surface area (Å²) in [6.07, 6.45) is 3.31.